The molecular formula is C25H20FNO5. The molecule has 1 heterocycles. The molecule has 1 aromatic heterocycles. The van der Waals surface area contributed by atoms with Crippen LogP contribution in [0.5, 0.6) is 17.2 Å². The van der Waals surface area contributed by atoms with Crippen LogP contribution in [0.1, 0.15) is 18.5 Å². The number of hydrogen-bond acceptors (Lipinski definition) is 5. The summed E-state index contributed by atoms with van der Waals surface area (Å²) < 4.78 is 29.6. The summed E-state index contributed by atoms with van der Waals surface area (Å²) in [4.78, 5) is 24.9. The fourth-order valence-electron chi connectivity index (χ4n) is 3.14. The second-order valence-corrected chi connectivity index (χ2v) is 7.13. The minimum atomic E-state index is -0.404. The summed E-state index contributed by atoms with van der Waals surface area (Å²) in [5.41, 5.74) is 0.903. The van der Waals surface area contributed by atoms with Crippen molar-refractivity contribution in [3.05, 3.63) is 101 Å². The predicted molar refractivity (Wildman–Crippen MR) is 117 cm³/mol. The first-order valence-electron chi connectivity index (χ1n) is 9.96. The third-order valence-electron chi connectivity index (χ3n) is 4.80. The molecule has 4 rings (SSSR count). The Labute approximate surface area is 183 Å². The molecule has 7 heteroatoms. The summed E-state index contributed by atoms with van der Waals surface area (Å²) >= 11 is 0. The van der Waals surface area contributed by atoms with Crippen LogP contribution in [0, 0.1) is 5.82 Å². The van der Waals surface area contributed by atoms with Crippen molar-refractivity contribution in [3.8, 4) is 17.2 Å². The first-order valence-corrected chi connectivity index (χ1v) is 9.96. The van der Waals surface area contributed by atoms with Gasteiger partial charge in [0.1, 0.15) is 29.2 Å². The zero-order valence-electron chi connectivity index (χ0n) is 17.2. The Balaban J connectivity index is 1.41. The van der Waals surface area contributed by atoms with Crippen molar-refractivity contribution in [3.63, 3.8) is 0 Å². The van der Waals surface area contributed by atoms with E-state index >= 15 is 0 Å². The van der Waals surface area contributed by atoms with E-state index in [4.69, 9.17) is 13.9 Å². The topological polar surface area (TPSA) is 77.8 Å². The van der Waals surface area contributed by atoms with Gasteiger partial charge in [-0.05, 0) is 48.9 Å². The van der Waals surface area contributed by atoms with E-state index in [9.17, 15) is 14.0 Å². The van der Waals surface area contributed by atoms with Gasteiger partial charge in [0, 0.05) is 6.07 Å². The zero-order chi connectivity index (χ0) is 22.5. The third kappa shape index (κ3) is 4.95. The Morgan fingerprint density at radius 2 is 1.75 bits per heavy atom. The Hall–Kier alpha value is -4.13. The smallest absolute Gasteiger partial charge is 0.258 e. The highest BCUT2D eigenvalue weighted by Gasteiger charge is 2.12. The molecule has 6 nitrogen and oxygen atoms in total. The largest absolute Gasteiger partial charge is 0.484 e. The van der Waals surface area contributed by atoms with Crippen LogP contribution < -0.4 is 20.2 Å². The second kappa shape index (κ2) is 9.34. The fourth-order valence-corrected chi connectivity index (χ4v) is 3.14. The summed E-state index contributed by atoms with van der Waals surface area (Å²) in [7, 11) is 0. The molecule has 0 radical (unpaired) electrons. The highest BCUT2D eigenvalue weighted by atomic mass is 19.1. The van der Waals surface area contributed by atoms with Gasteiger partial charge in [0.25, 0.3) is 5.91 Å². The molecule has 0 aliphatic rings. The van der Waals surface area contributed by atoms with E-state index in [2.05, 4.69) is 5.32 Å². The third-order valence-corrected chi connectivity index (χ3v) is 4.80. The molecule has 0 saturated carbocycles. The Bertz CT molecular complexity index is 1290. The summed E-state index contributed by atoms with van der Waals surface area (Å²) in [6.45, 7) is 1.71. The fraction of sp³-hybridized carbons (Fsp3) is 0.120. The first kappa shape index (κ1) is 21.1. The van der Waals surface area contributed by atoms with Crippen molar-refractivity contribution in [1.29, 1.82) is 0 Å². The van der Waals surface area contributed by atoms with Gasteiger partial charge in [-0.3, -0.25) is 9.59 Å². The van der Waals surface area contributed by atoms with Crippen LogP contribution in [-0.2, 0) is 4.79 Å². The van der Waals surface area contributed by atoms with Crippen LogP contribution in [0.3, 0.4) is 0 Å². The number of hydrogen-bond donors (Lipinski definition) is 1. The van der Waals surface area contributed by atoms with E-state index in [0.29, 0.717) is 16.9 Å². The highest BCUT2D eigenvalue weighted by Crippen LogP contribution is 2.24. The van der Waals surface area contributed by atoms with Crippen LogP contribution in [0.25, 0.3) is 11.0 Å². The molecule has 1 unspecified atom stereocenters. The number of ether oxygens (including phenoxy) is 2. The Kier molecular flexibility index (Phi) is 6.17. The number of amides is 1. The summed E-state index contributed by atoms with van der Waals surface area (Å²) in [5.74, 6) is 0.000691. The lowest BCUT2D eigenvalue weighted by Gasteiger charge is -2.14. The van der Waals surface area contributed by atoms with Crippen LogP contribution in [0.2, 0.25) is 0 Å². The van der Waals surface area contributed by atoms with Crippen molar-refractivity contribution in [2.45, 2.75) is 13.0 Å². The molecule has 162 valence electrons. The SMILES string of the molecule is CC(NC(=O)COc1ccc2c(=O)c(Oc3ccc(F)cc3)coc2c1)c1ccccc1. The molecule has 32 heavy (non-hydrogen) atoms. The number of benzene rings is 3. The molecule has 0 spiro atoms. The number of fused-ring (bicyclic) bond motifs is 1. The minimum absolute atomic E-state index is 0.0212. The molecule has 0 saturated heterocycles. The van der Waals surface area contributed by atoms with Crippen LogP contribution in [-0.4, -0.2) is 12.5 Å². The van der Waals surface area contributed by atoms with E-state index in [1.54, 1.807) is 12.1 Å². The lowest BCUT2D eigenvalue weighted by Crippen LogP contribution is -2.31. The second-order valence-electron chi connectivity index (χ2n) is 7.13. The van der Waals surface area contributed by atoms with Gasteiger partial charge in [0.15, 0.2) is 6.61 Å². The maximum Gasteiger partial charge on any atom is 0.258 e. The lowest BCUT2D eigenvalue weighted by atomic mass is 10.1. The predicted octanol–water partition coefficient (Wildman–Crippen LogP) is 4.98. The molecule has 0 bridgehead atoms. The number of halogens is 1. The van der Waals surface area contributed by atoms with Gasteiger partial charge in [-0.25, -0.2) is 4.39 Å². The lowest BCUT2D eigenvalue weighted by molar-refractivity contribution is -0.123. The van der Waals surface area contributed by atoms with Crippen molar-refractivity contribution >= 4 is 16.9 Å². The zero-order valence-corrected chi connectivity index (χ0v) is 17.2. The molecule has 0 aliphatic heterocycles. The van der Waals surface area contributed by atoms with Crippen molar-refractivity contribution in [1.82, 2.24) is 5.32 Å². The number of carbonyl (C=O) groups is 1. The van der Waals surface area contributed by atoms with Crippen molar-refractivity contribution in [2.75, 3.05) is 6.61 Å². The average Bonchev–Trinajstić information content (AvgIpc) is 2.81. The molecule has 1 atom stereocenters. The number of nitrogens with one attached hydrogen (secondary N) is 1. The van der Waals surface area contributed by atoms with Gasteiger partial charge in [0.05, 0.1) is 11.4 Å². The van der Waals surface area contributed by atoms with Gasteiger partial charge in [0.2, 0.25) is 11.2 Å². The Morgan fingerprint density at radius 1 is 1.03 bits per heavy atom. The van der Waals surface area contributed by atoms with Crippen molar-refractivity contribution < 1.29 is 23.1 Å². The van der Waals surface area contributed by atoms with E-state index < -0.39 is 5.82 Å². The van der Waals surface area contributed by atoms with Crippen LogP contribution in [0.4, 0.5) is 4.39 Å². The number of rotatable bonds is 7. The monoisotopic (exact) mass is 433 g/mol. The number of carbonyl (C=O) groups excluding carboxylic acids is 1. The van der Waals surface area contributed by atoms with Gasteiger partial charge in [-0.15, -0.1) is 0 Å². The Morgan fingerprint density at radius 3 is 2.50 bits per heavy atom. The summed E-state index contributed by atoms with van der Waals surface area (Å²) in [6, 6.07) is 19.4. The summed E-state index contributed by atoms with van der Waals surface area (Å²) in [6.07, 6.45) is 1.19. The van der Waals surface area contributed by atoms with Crippen LogP contribution in [0.15, 0.2) is 88.3 Å². The molecule has 1 N–H and O–H groups in total. The van der Waals surface area contributed by atoms with Crippen molar-refractivity contribution in [2.24, 2.45) is 0 Å². The molecule has 1 amide bonds. The average molecular weight is 433 g/mol. The highest BCUT2D eigenvalue weighted by molar-refractivity contribution is 5.80. The normalized spacial score (nSPS) is 11.7. The van der Waals surface area contributed by atoms with Crippen LogP contribution >= 0.6 is 0 Å². The van der Waals surface area contributed by atoms with Gasteiger partial charge in [-0.2, -0.15) is 0 Å². The summed E-state index contributed by atoms with van der Waals surface area (Å²) in [5, 5.41) is 3.16. The molecule has 4 aromatic rings. The quantitative estimate of drug-likeness (QED) is 0.445. The molecule has 0 aliphatic carbocycles. The molecule has 0 fully saturated rings. The van der Waals surface area contributed by atoms with E-state index in [-0.39, 0.29) is 35.3 Å². The van der Waals surface area contributed by atoms with E-state index in [1.165, 1.54) is 36.6 Å². The van der Waals surface area contributed by atoms with E-state index in [0.717, 1.165) is 5.56 Å². The maximum atomic E-state index is 13.0. The van der Waals surface area contributed by atoms with Gasteiger partial charge in [-0.1, -0.05) is 30.3 Å². The first-order chi connectivity index (χ1) is 15.5. The molecular weight excluding hydrogens is 413 g/mol. The minimum Gasteiger partial charge on any atom is -0.484 e. The standard InChI is InChI=1S/C25H20FNO5/c1-16(17-5-3-2-4-6-17)27-24(28)15-30-20-11-12-21-22(13-20)31-14-23(25(21)29)32-19-9-7-18(26)8-10-19/h2-14,16H,15H2,1H3,(H,27,28). The maximum absolute atomic E-state index is 13.0. The van der Waals surface area contributed by atoms with Gasteiger partial charge >= 0.3 is 0 Å². The molecule has 3 aromatic carbocycles. The van der Waals surface area contributed by atoms with Gasteiger partial charge < -0.3 is 19.2 Å². The van der Waals surface area contributed by atoms with E-state index in [1.807, 2.05) is 37.3 Å².